The summed E-state index contributed by atoms with van der Waals surface area (Å²) in [4.78, 5) is 4.83. The summed E-state index contributed by atoms with van der Waals surface area (Å²) in [6.45, 7) is 3.36. The first kappa shape index (κ1) is 16.1. The van der Waals surface area contributed by atoms with E-state index in [0.29, 0.717) is 0 Å². The van der Waals surface area contributed by atoms with Crippen molar-refractivity contribution < 1.29 is 0 Å². The van der Waals surface area contributed by atoms with Crippen LogP contribution in [-0.4, -0.2) is 9.55 Å². The van der Waals surface area contributed by atoms with Gasteiger partial charge in [-0.25, -0.2) is 4.98 Å². The number of unbranched alkanes of at least 4 members (excludes halogenated alkanes) is 1. The molecule has 128 valence electrons. The monoisotopic (exact) mass is 330 g/mol. The molecule has 0 atom stereocenters. The molecule has 0 bridgehead atoms. The fraction of sp³-hybridized carbons (Fsp3) is 0.348. The molecule has 1 aromatic heterocycles. The SMILES string of the molecule is CCCCc1ccc(-c2ccc(-c3cn4c(n3)CCCC4)cc2)cc1. The molecule has 2 nitrogen and oxygen atoms in total. The minimum atomic E-state index is 1.11. The van der Waals surface area contributed by atoms with Crippen LogP contribution in [-0.2, 0) is 19.4 Å². The van der Waals surface area contributed by atoms with Gasteiger partial charge in [-0.1, -0.05) is 61.9 Å². The number of hydrogen-bond acceptors (Lipinski definition) is 1. The van der Waals surface area contributed by atoms with Crippen LogP contribution in [0.3, 0.4) is 0 Å². The molecular weight excluding hydrogens is 304 g/mol. The number of imidazole rings is 1. The number of benzene rings is 2. The smallest absolute Gasteiger partial charge is 0.109 e. The van der Waals surface area contributed by atoms with Crippen molar-refractivity contribution in [1.29, 1.82) is 0 Å². The summed E-state index contributed by atoms with van der Waals surface area (Å²) in [5, 5.41) is 0. The normalized spacial score (nSPS) is 13.6. The second kappa shape index (κ2) is 7.26. The van der Waals surface area contributed by atoms with Gasteiger partial charge in [0, 0.05) is 24.7 Å². The lowest BCUT2D eigenvalue weighted by molar-refractivity contribution is 0.522. The van der Waals surface area contributed by atoms with Gasteiger partial charge in [-0.3, -0.25) is 0 Å². The average molecular weight is 330 g/mol. The number of nitrogens with zero attached hydrogens (tertiary/aromatic N) is 2. The maximum absolute atomic E-state index is 4.83. The molecule has 0 saturated heterocycles. The molecule has 0 radical (unpaired) electrons. The third-order valence-electron chi connectivity index (χ3n) is 5.20. The fourth-order valence-corrected chi connectivity index (χ4v) is 3.63. The Morgan fingerprint density at radius 2 is 1.56 bits per heavy atom. The van der Waals surface area contributed by atoms with Crippen LogP contribution in [0.4, 0.5) is 0 Å². The Kier molecular flexibility index (Phi) is 4.69. The van der Waals surface area contributed by atoms with Gasteiger partial charge in [0.15, 0.2) is 0 Å². The second-order valence-corrected chi connectivity index (χ2v) is 7.07. The van der Waals surface area contributed by atoms with Gasteiger partial charge in [0.1, 0.15) is 5.82 Å². The number of hydrogen-bond donors (Lipinski definition) is 0. The number of aryl methyl sites for hydroxylation is 3. The van der Waals surface area contributed by atoms with E-state index < -0.39 is 0 Å². The van der Waals surface area contributed by atoms with E-state index in [1.165, 1.54) is 60.2 Å². The first-order chi connectivity index (χ1) is 12.3. The minimum Gasteiger partial charge on any atom is -0.334 e. The Balaban J connectivity index is 1.52. The Hall–Kier alpha value is -2.35. The van der Waals surface area contributed by atoms with Crippen molar-refractivity contribution in [2.75, 3.05) is 0 Å². The quantitative estimate of drug-likeness (QED) is 0.570. The Morgan fingerprint density at radius 3 is 2.24 bits per heavy atom. The Morgan fingerprint density at radius 1 is 0.880 bits per heavy atom. The predicted octanol–water partition coefficient (Wildman–Crippen LogP) is 5.90. The molecule has 0 spiro atoms. The van der Waals surface area contributed by atoms with Gasteiger partial charge in [0.25, 0.3) is 0 Å². The molecule has 1 aliphatic heterocycles. The van der Waals surface area contributed by atoms with Gasteiger partial charge in [-0.15, -0.1) is 0 Å². The molecule has 2 heteroatoms. The minimum absolute atomic E-state index is 1.11. The Bertz CT molecular complexity index is 802. The van der Waals surface area contributed by atoms with Gasteiger partial charge >= 0.3 is 0 Å². The van der Waals surface area contributed by atoms with Gasteiger partial charge < -0.3 is 4.57 Å². The third kappa shape index (κ3) is 3.53. The van der Waals surface area contributed by atoms with Crippen LogP contribution in [0.25, 0.3) is 22.4 Å². The van der Waals surface area contributed by atoms with Crippen LogP contribution in [0.5, 0.6) is 0 Å². The van der Waals surface area contributed by atoms with Crippen molar-refractivity contribution in [3.8, 4) is 22.4 Å². The van der Waals surface area contributed by atoms with Gasteiger partial charge in [0.05, 0.1) is 5.69 Å². The lowest BCUT2D eigenvalue weighted by Crippen LogP contribution is -2.08. The first-order valence-electron chi connectivity index (χ1n) is 9.59. The standard InChI is InChI=1S/C23H26N2/c1-2-3-6-18-8-10-19(11-9-18)20-12-14-21(15-13-20)22-17-25-16-5-4-7-23(25)24-22/h8-15,17H,2-7,16H2,1H3. The largest absolute Gasteiger partial charge is 0.334 e. The predicted molar refractivity (Wildman–Crippen MR) is 105 cm³/mol. The second-order valence-electron chi connectivity index (χ2n) is 7.07. The van der Waals surface area contributed by atoms with Crippen LogP contribution in [0, 0.1) is 0 Å². The molecule has 0 fully saturated rings. The van der Waals surface area contributed by atoms with E-state index in [4.69, 9.17) is 4.98 Å². The van der Waals surface area contributed by atoms with E-state index in [2.05, 4.69) is 66.2 Å². The average Bonchev–Trinajstić information content (AvgIpc) is 3.11. The molecule has 2 heterocycles. The summed E-state index contributed by atoms with van der Waals surface area (Å²) < 4.78 is 2.32. The molecule has 0 unspecified atom stereocenters. The van der Waals surface area contributed by atoms with Gasteiger partial charge in [-0.05, 0) is 42.4 Å². The Labute approximate surface area is 150 Å². The van der Waals surface area contributed by atoms with Crippen molar-refractivity contribution >= 4 is 0 Å². The van der Waals surface area contributed by atoms with Crippen LogP contribution in [0.15, 0.2) is 54.7 Å². The lowest BCUT2D eigenvalue weighted by Gasteiger charge is -2.11. The highest BCUT2D eigenvalue weighted by atomic mass is 15.1. The van der Waals surface area contributed by atoms with E-state index in [9.17, 15) is 0 Å². The van der Waals surface area contributed by atoms with Crippen molar-refractivity contribution in [1.82, 2.24) is 9.55 Å². The van der Waals surface area contributed by atoms with E-state index in [1.54, 1.807) is 0 Å². The molecule has 0 amide bonds. The summed E-state index contributed by atoms with van der Waals surface area (Å²) >= 11 is 0. The molecule has 25 heavy (non-hydrogen) atoms. The molecular formula is C23H26N2. The van der Waals surface area contributed by atoms with Gasteiger partial charge in [0.2, 0.25) is 0 Å². The van der Waals surface area contributed by atoms with E-state index in [1.807, 2.05) is 0 Å². The third-order valence-corrected chi connectivity index (χ3v) is 5.20. The number of rotatable bonds is 5. The number of fused-ring (bicyclic) bond motifs is 1. The van der Waals surface area contributed by atoms with Crippen molar-refractivity contribution in [3.63, 3.8) is 0 Å². The fourth-order valence-electron chi connectivity index (χ4n) is 3.63. The van der Waals surface area contributed by atoms with Crippen LogP contribution < -0.4 is 0 Å². The zero-order valence-electron chi connectivity index (χ0n) is 15.0. The van der Waals surface area contributed by atoms with E-state index in [0.717, 1.165) is 18.7 Å². The molecule has 4 rings (SSSR count). The highest BCUT2D eigenvalue weighted by Crippen LogP contribution is 2.26. The highest BCUT2D eigenvalue weighted by molar-refractivity contribution is 5.68. The zero-order chi connectivity index (χ0) is 17.1. The summed E-state index contributed by atoms with van der Waals surface area (Å²) in [5.41, 5.74) is 6.32. The maximum Gasteiger partial charge on any atom is 0.109 e. The van der Waals surface area contributed by atoms with Gasteiger partial charge in [-0.2, -0.15) is 0 Å². The molecule has 2 aromatic carbocycles. The van der Waals surface area contributed by atoms with Crippen LogP contribution in [0.1, 0.15) is 44.0 Å². The van der Waals surface area contributed by atoms with Crippen LogP contribution in [0.2, 0.25) is 0 Å². The summed E-state index contributed by atoms with van der Waals surface area (Å²) in [5.74, 6) is 1.24. The molecule has 0 saturated carbocycles. The highest BCUT2D eigenvalue weighted by Gasteiger charge is 2.13. The summed E-state index contributed by atoms with van der Waals surface area (Å²) in [6.07, 6.45) is 9.57. The topological polar surface area (TPSA) is 17.8 Å². The summed E-state index contributed by atoms with van der Waals surface area (Å²) in [7, 11) is 0. The molecule has 0 N–H and O–H groups in total. The van der Waals surface area contributed by atoms with E-state index in [-0.39, 0.29) is 0 Å². The molecule has 3 aromatic rings. The van der Waals surface area contributed by atoms with Crippen LogP contribution >= 0.6 is 0 Å². The molecule has 0 aliphatic carbocycles. The van der Waals surface area contributed by atoms with E-state index >= 15 is 0 Å². The summed E-state index contributed by atoms with van der Waals surface area (Å²) in [6, 6.07) is 17.9. The number of aromatic nitrogens is 2. The van der Waals surface area contributed by atoms with Crippen molar-refractivity contribution in [2.45, 2.75) is 52.0 Å². The zero-order valence-corrected chi connectivity index (χ0v) is 15.0. The lowest BCUT2D eigenvalue weighted by atomic mass is 10.0. The first-order valence-corrected chi connectivity index (χ1v) is 9.59. The molecule has 1 aliphatic rings. The maximum atomic E-state index is 4.83. The van der Waals surface area contributed by atoms with Crippen molar-refractivity contribution in [2.24, 2.45) is 0 Å². The van der Waals surface area contributed by atoms with Crippen molar-refractivity contribution in [3.05, 3.63) is 66.1 Å².